The number of carbonyl (C=O) groups is 1. The molecule has 0 saturated heterocycles. The summed E-state index contributed by atoms with van der Waals surface area (Å²) in [6.07, 6.45) is 1.85. The summed E-state index contributed by atoms with van der Waals surface area (Å²) in [5.41, 5.74) is 3.49. The highest BCUT2D eigenvalue weighted by molar-refractivity contribution is 6.03. The van der Waals surface area contributed by atoms with Crippen LogP contribution < -0.4 is 0 Å². The van der Waals surface area contributed by atoms with E-state index in [1.54, 1.807) is 6.07 Å². The topological polar surface area (TPSA) is 42.2 Å². The summed E-state index contributed by atoms with van der Waals surface area (Å²) in [6, 6.07) is 5.98. The average Bonchev–Trinajstić information content (AvgIpc) is 2.65. The summed E-state index contributed by atoms with van der Waals surface area (Å²) >= 11 is 0. The highest BCUT2D eigenvalue weighted by Crippen LogP contribution is 2.26. The van der Waals surface area contributed by atoms with Crippen LogP contribution in [0.5, 0.6) is 0 Å². The van der Waals surface area contributed by atoms with Gasteiger partial charge in [-0.15, -0.1) is 0 Å². The number of benzene rings is 1. The summed E-state index contributed by atoms with van der Waals surface area (Å²) in [5, 5.41) is 10.4. The second-order valence-electron chi connectivity index (χ2n) is 4.68. The minimum atomic E-state index is -0.842. The van der Waals surface area contributed by atoms with Crippen LogP contribution in [0, 0.1) is 6.92 Å². The molecule has 1 N–H and O–H groups in total. The number of rotatable bonds is 4. The first kappa shape index (κ1) is 12.7. The molecule has 0 bridgehead atoms. The zero-order valence-corrected chi connectivity index (χ0v) is 11.2. The third kappa shape index (κ3) is 2.01. The molecule has 3 nitrogen and oxygen atoms in total. The van der Waals surface area contributed by atoms with Gasteiger partial charge in [-0.2, -0.15) is 0 Å². The van der Waals surface area contributed by atoms with Crippen LogP contribution in [0.2, 0.25) is 0 Å². The molecule has 96 valence electrons. The van der Waals surface area contributed by atoms with Crippen LogP contribution in [0.4, 0.5) is 0 Å². The maximum Gasteiger partial charge on any atom is 0.337 e. The lowest BCUT2D eigenvalue weighted by Gasteiger charge is -2.09. The summed E-state index contributed by atoms with van der Waals surface area (Å²) in [4.78, 5) is 11.4. The monoisotopic (exact) mass is 245 g/mol. The molecule has 0 aliphatic rings. The molecule has 3 heteroatoms. The Morgan fingerprint density at radius 1 is 1.28 bits per heavy atom. The van der Waals surface area contributed by atoms with Gasteiger partial charge in [0, 0.05) is 17.6 Å². The van der Waals surface area contributed by atoms with Gasteiger partial charge in [0.1, 0.15) is 0 Å². The van der Waals surface area contributed by atoms with Gasteiger partial charge in [-0.3, -0.25) is 0 Å². The Labute approximate surface area is 107 Å². The summed E-state index contributed by atoms with van der Waals surface area (Å²) in [7, 11) is 0. The van der Waals surface area contributed by atoms with E-state index < -0.39 is 5.97 Å². The zero-order valence-electron chi connectivity index (χ0n) is 11.2. The molecule has 0 aliphatic heterocycles. The van der Waals surface area contributed by atoms with Crippen molar-refractivity contribution in [3.63, 3.8) is 0 Å². The fourth-order valence-electron chi connectivity index (χ4n) is 2.49. The van der Waals surface area contributed by atoms with Crippen molar-refractivity contribution in [3.05, 3.63) is 35.0 Å². The molecule has 2 aromatic rings. The molecule has 0 saturated carbocycles. The predicted octanol–water partition coefficient (Wildman–Crippen LogP) is 3.62. The van der Waals surface area contributed by atoms with Gasteiger partial charge in [-0.1, -0.05) is 13.8 Å². The average molecular weight is 245 g/mol. The minimum Gasteiger partial charge on any atom is -0.478 e. The molecule has 0 atom stereocenters. The number of aryl methyl sites for hydroxylation is 3. The van der Waals surface area contributed by atoms with Crippen molar-refractivity contribution in [3.8, 4) is 0 Å². The molecular formula is C15H19NO2. The molecular weight excluding hydrogens is 226 g/mol. The van der Waals surface area contributed by atoms with Crippen LogP contribution in [-0.2, 0) is 13.0 Å². The fraction of sp³-hybridized carbons (Fsp3) is 0.400. The molecule has 1 aromatic carbocycles. The van der Waals surface area contributed by atoms with Crippen molar-refractivity contribution in [1.82, 2.24) is 4.57 Å². The lowest BCUT2D eigenvalue weighted by molar-refractivity contribution is 0.0698. The SMILES string of the molecule is CCCn1c(C)cc2cc(CC)cc(C(=O)O)c21. The van der Waals surface area contributed by atoms with E-state index >= 15 is 0 Å². The van der Waals surface area contributed by atoms with Gasteiger partial charge in [-0.25, -0.2) is 4.79 Å². The first-order valence-corrected chi connectivity index (χ1v) is 6.44. The molecule has 0 radical (unpaired) electrons. The Balaban J connectivity index is 2.79. The molecule has 0 aliphatic carbocycles. The van der Waals surface area contributed by atoms with E-state index in [4.69, 9.17) is 0 Å². The van der Waals surface area contributed by atoms with Crippen molar-refractivity contribution in [2.24, 2.45) is 0 Å². The highest BCUT2D eigenvalue weighted by atomic mass is 16.4. The van der Waals surface area contributed by atoms with Gasteiger partial charge in [-0.05, 0) is 43.5 Å². The van der Waals surface area contributed by atoms with E-state index in [2.05, 4.69) is 23.6 Å². The Kier molecular flexibility index (Phi) is 3.41. The van der Waals surface area contributed by atoms with Crippen LogP contribution in [-0.4, -0.2) is 15.6 Å². The first-order chi connectivity index (χ1) is 8.58. The number of nitrogens with zero attached hydrogens (tertiary/aromatic N) is 1. The van der Waals surface area contributed by atoms with Gasteiger partial charge < -0.3 is 9.67 Å². The van der Waals surface area contributed by atoms with Crippen molar-refractivity contribution < 1.29 is 9.90 Å². The van der Waals surface area contributed by atoms with Gasteiger partial charge >= 0.3 is 5.97 Å². The van der Waals surface area contributed by atoms with Gasteiger partial charge in [0.2, 0.25) is 0 Å². The normalized spacial score (nSPS) is 11.1. The van der Waals surface area contributed by atoms with Crippen LogP contribution >= 0.6 is 0 Å². The van der Waals surface area contributed by atoms with Crippen LogP contribution in [0.3, 0.4) is 0 Å². The molecule has 0 amide bonds. The lowest BCUT2D eigenvalue weighted by atomic mass is 10.0. The molecule has 0 fully saturated rings. The van der Waals surface area contributed by atoms with Crippen LogP contribution in [0.1, 0.15) is 41.9 Å². The van der Waals surface area contributed by atoms with Crippen molar-refractivity contribution in [2.75, 3.05) is 0 Å². The maximum absolute atomic E-state index is 11.4. The standard InChI is InChI=1S/C15H19NO2/c1-4-6-16-10(3)7-12-8-11(5-2)9-13(14(12)16)15(17)18/h7-9H,4-6H2,1-3H3,(H,17,18). The molecule has 0 unspecified atom stereocenters. The Morgan fingerprint density at radius 3 is 2.56 bits per heavy atom. The van der Waals surface area contributed by atoms with Crippen molar-refractivity contribution in [1.29, 1.82) is 0 Å². The Bertz CT molecular complexity index is 596. The van der Waals surface area contributed by atoms with Crippen LogP contribution in [0.25, 0.3) is 10.9 Å². The van der Waals surface area contributed by atoms with Gasteiger partial charge in [0.25, 0.3) is 0 Å². The molecule has 18 heavy (non-hydrogen) atoms. The lowest BCUT2D eigenvalue weighted by Crippen LogP contribution is -2.05. The first-order valence-electron chi connectivity index (χ1n) is 6.44. The van der Waals surface area contributed by atoms with E-state index in [0.29, 0.717) is 5.56 Å². The predicted molar refractivity (Wildman–Crippen MR) is 73.3 cm³/mol. The summed E-state index contributed by atoms with van der Waals surface area (Å²) < 4.78 is 2.11. The number of hydrogen-bond donors (Lipinski definition) is 1. The van der Waals surface area contributed by atoms with Crippen LogP contribution in [0.15, 0.2) is 18.2 Å². The summed E-state index contributed by atoms with van der Waals surface area (Å²) in [6.45, 7) is 7.04. The fourth-order valence-corrected chi connectivity index (χ4v) is 2.49. The number of hydrogen-bond acceptors (Lipinski definition) is 1. The molecule has 1 aromatic heterocycles. The molecule has 0 spiro atoms. The summed E-state index contributed by atoms with van der Waals surface area (Å²) in [5.74, 6) is -0.842. The van der Waals surface area contributed by atoms with Gasteiger partial charge in [0.15, 0.2) is 0 Å². The second kappa shape index (κ2) is 4.84. The van der Waals surface area contributed by atoms with E-state index in [9.17, 15) is 9.90 Å². The Hall–Kier alpha value is -1.77. The smallest absolute Gasteiger partial charge is 0.337 e. The number of carboxylic acid groups (broad SMARTS) is 1. The molecule has 1 heterocycles. The quantitative estimate of drug-likeness (QED) is 0.893. The molecule has 2 rings (SSSR count). The van der Waals surface area contributed by atoms with Crippen molar-refractivity contribution in [2.45, 2.75) is 40.2 Å². The second-order valence-corrected chi connectivity index (χ2v) is 4.68. The number of aromatic carboxylic acids is 1. The van der Waals surface area contributed by atoms with E-state index in [1.165, 1.54) is 0 Å². The zero-order chi connectivity index (χ0) is 13.3. The Morgan fingerprint density at radius 2 is 2.00 bits per heavy atom. The van der Waals surface area contributed by atoms with E-state index in [-0.39, 0.29) is 0 Å². The highest BCUT2D eigenvalue weighted by Gasteiger charge is 2.15. The van der Waals surface area contributed by atoms with E-state index in [1.807, 2.05) is 13.8 Å². The van der Waals surface area contributed by atoms with Gasteiger partial charge in [0.05, 0.1) is 11.1 Å². The third-order valence-electron chi connectivity index (χ3n) is 3.35. The number of carboxylic acids is 1. The number of aromatic nitrogens is 1. The third-order valence-corrected chi connectivity index (χ3v) is 3.35. The maximum atomic E-state index is 11.4. The minimum absolute atomic E-state index is 0.422. The largest absolute Gasteiger partial charge is 0.478 e. The van der Waals surface area contributed by atoms with E-state index in [0.717, 1.165) is 41.5 Å². The number of fused-ring (bicyclic) bond motifs is 1. The van der Waals surface area contributed by atoms with Crippen molar-refractivity contribution >= 4 is 16.9 Å².